The fourth-order valence-corrected chi connectivity index (χ4v) is 2.95. The maximum atomic E-state index is 11.3. The van der Waals surface area contributed by atoms with Gasteiger partial charge in [-0.1, -0.05) is 109 Å². The number of hydrogen-bond acceptors (Lipinski definition) is 2. The Labute approximate surface area is 150 Å². The summed E-state index contributed by atoms with van der Waals surface area (Å²) in [6, 6.07) is 0. The lowest BCUT2D eigenvalue weighted by atomic mass is 10.0. The molecule has 0 spiro atoms. The first-order valence-electron chi connectivity index (χ1n) is 10.0. The molecule has 0 aliphatic carbocycles. The van der Waals surface area contributed by atoms with Crippen molar-refractivity contribution in [2.45, 2.75) is 110 Å². The number of carbonyl (C=O) groups is 1. The summed E-state index contributed by atoms with van der Waals surface area (Å²) in [7, 11) is 0. The quantitative estimate of drug-likeness (QED) is 0.198. The Hall–Kier alpha value is -0.180. The van der Waals surface area contributed by atoms with E-state index in [-0.39, 0.29) is 5.97 Å². The summed E-state index contributed by atoms with van der Waals surface area (Å²) in [5, 5.41) is 0. The van der Waals surface area contributed by atoms with Crippen LogP contribution in [0.3, 0.4) is 0 Å². The van der Waals surface area contributed by atoms with Crippen molar-refractivity contribution >= 4 is 18.6 Å². The first kappa shape index (κ1) is 22.8. The molecule has 0 saturated heterocycles. The molecule has 0 aromatic rings. The molecule has 0 heterocycles. The third-order valence-electron chi connectivity index (χ3n) is 4.33. The summed E-state index contributed by atoms with van der Waals surface area (Å²) in [5.41, 5.74) is 0. The van der Waals surface area contributed by atoms with Crippen LogP contribution in [-0.2, 0) is 9.53 Å². The van der Waals surface area contributed by atoms with Crippen LogP contribution in [0.2, 0.25) is 0 Å². The Kier molecular flexibility index (Phi) is 19.7. The van der Waals surface area contributed by atoms with E-state index in [1.165, 1.54) is 83.5 Å². The highest BCUT2D eigenvalue weighted by molar-refractivity contribution is 7.80. The predicted octanol–water partition coefficient (Wildman–Crippen LogP) is 6.99. The number of hydrogen-bond donors (Lipinski definition) is 0. The minimum atomic E-state index is -0.0791. The van der Waals surface area contributed by atoms with Crippen molar-refractivity contribution in [3.8, 4) is 0 Å². The molecule has 0 atom stereocenters. The molecule has 0 aliphatic rings. The third kappa shape index (κ3) is 19.8. The molecule has 137 valence electrons. The van der Waals surface area contributed by atoms with Gasteiger partial charge in [0.15, 0.2) is 0 Å². The first-order chi connectivity index (χ1) is 11.3. The maximum Gasteiger partial charge on any atom is 0.305 e. The molecule has 0 saturated carbocycles. The van der Waals surface area contributed by atoms with E-state index in [2.05, 4.69) is 6.92 Å². The zero-order chi connectivity index (χ0) is 17.0. The molecule has 2 nitrogen and oxygen atoms in total. The van der Waals surface area contributed by atoms with Gasteiger partial charge in [-0.2, -0.15) is 0 Å². The molecule has 3 heteroatoms. The minimum Gasteiger partial charge on any atom is -0.465 e. The van der Waals surface area contributed by atoms with E-state index >= 15 is 0 Å². The standard InChI is InChI=1S/C20H39O2S/c1-2-3-4-5-6-7-8-9-10-11-12-13-14-15-16-17-20(21)22-18-19-23/h2-19H2,1H3. The molecular weight excluding hydrogens is 304 g/mol. The van der Waals surface area contributed by atoms with Gasteiger partial charge >= 0.3 is 5.97 Å². The topological polar surface area (TPSA) is 26.3 Å². The largest absolute Gasteiger partial charge is 0.465 e. The Bertz CT molecular complexity index is 244. The van der Waals surface area contributed by atoms with E-state index in [0.717, 1.165) is 12.8 Å². The van der Waals surface area contributed by atoms with Crippen molar-refractivity contribution in [2.24, 2.45) is 0 Å². The van der Waals surface area contributed by atoms with Crippen molar-refractivity contribution in [3.63, 3.8) is 0 Å². The van der Waals surface area contributed by atoms with Gasteiger partial charge in [-0.25, -0.2) is 0 Å². The number of ether oxygens (including phenoxy) is 1. The molecular formula is C20H39O2S. The van der Waals surface area contributed by atoms with Gasteiger partial charge in [0, 0.05) is 12.2 Å². The van der Waals surface area contributed by atoms with Crippen LogP contribution >= 0.6 is 12.6 Å². The average Bonchev–Trinajstić information content (AvgIpc) is 2.56. The molecule has 0 N–H and O–H groups in total. The molecule has 0 unspecified atom stereocenters. The molecule has 23 heavy (non-hydrogen) atoms. The molecule has 0 aliphatic heterocycles. The van der Waals surface area contributed by atoms with Crippen LogP contribution in [0.4, 0.5) is 0 Å². The van der Waals surface area contributed by atoms with E-state index in [0.29, 0.717) is 18.8 Å². The van der Waals surface area contributed by atoms with Crippen LogP contribution < -0.4 is 0 Å². The number of carbonyl (C=O) groups excluding carboxylic acids is 1. The van der Waals surface area contributed by atoms with Crippen LogP contribution in [0.5, 0.6) is 0 Å². The molecule has 1 radical (unpaired) electrons. The second-order valence-corrected chi connectivity index (χ2v) is 7.03. The highest BCUT2D eigenvalue weighted by atomic mass is 32.1. The lowest BCUT2D eigenvalue weighted by Gasteiger charge is -2.04. The smallest absolute Gasteiger partial charge is 0.305 e. The van der Waals surface area contributed by atoms with Gasteiger partial charge in [0.25, 0.3) is 0 Å². The zero-order valence-electron chi connectivity index (χ0n) is 15.5. The number of esters is 1. The zero-order valence-corrected chi connectivity index (χ0v) is 16.3. The van der Waals surface area contributed by atoms with Crippen LogP contribution in [0.1, 0.15) is 110 Å². The minimum absolute atomic E-state index is 0.0791. The lowest BCUT2D eigenvalue weighted by Crippen LogP contribution is -2.06. The summed E-state index contributed by atoms with van der Waals surface area (Å²) in [4.78, 5) is 11.3. The van der Waals surface area contributed by atoms with Crippen LogP contribution in [0.15, 0.2) is 0 Å². The summed E-state index contributed by atoms with van der Waals surface area (Å²) in [5.74, 6) is 0.425. The van der Waals surface area contributed by atoms with Gasteiger partial charge in [0.2, 0.25) is 0 Å². The number of rotatable bonds is 18. The van der Waals surface area contributed by atoms with Crippen molar-refractivity contribution in [2.75, 3.05) is 12.4 Å². The fraction of sp³-hybridized carbons (Fsp3) is 0.950. The van der Waals surface area contributed by atoms with Gasteiger partial charge in [0.05, 0.1) is 0 Å². The van der Waals surface area contributed by atoms with Crippen molar-refractivity contribution in [3.05, 3.63) is 0 Å². The van der Waals surface area contributed by atoms with Crippen LogP contribution in [-0.4, -0.2) is 18.3 Å². The van der Waals surface area contributed by atoms with Crippen molar-refractivity contribution in [1.82, 2.24) is 0 Å². The Morgan fingerprint density at radius 2 is 1.09 bits per heavy atom. The molecule has 0 bridgehead atoms. The lowest BCUT2D eigenvalue weighted by molar-refractivity contribution is -0.143. The monoisotopic (exact) mass is 343 g/mol. The van der Waals surface area contributed by atoms with Gasteiger partial charge < -0.3 is 4.74 Å². The Balaban J connectivity index is 3.04. The van der Waals surface area contributed by atoms with Crippen LogP contribution in [0.25, 0.3) is 0 Å². The molecule has 0 aromatic carbocycles. The third-order valence-corrected chi connectivity index (χ3v) is 4.50. The predicted molar refractivity (Wildman–Crippen MR) is 103 cm³/mol. The van der Waals surface area contributed by atoms with Gasteiger partial charge in [-0.3, -0.25) is 4.79 Å². The summed E-state index contributed by atoms with van der Waals surface area (Å²) >= 11 is 4.74. The Morgan fingerprint density at radius 3 is 1.48 bits per heavy atom. The van der Waals surface area contributed by atoms with Gasteiger partial charge in [-0.05, 0) is 6.42 Å². The normalized spacial score (nSPS) is 10.9. The van der Waals surface area contributed by atoms with Gasteiger partial charge in [-0.15, -0.1) is 0 Å². The van der Waals surface area contributed by atoms with E-state index < -0.39 is 0 Å². The molecule has 0 rings (SSSR count). The average molecular weight is 344 g/mol. The van der Waals surface area contributed by atoms with Gasteiger partial charge in [0.1, 0.15) is 6.61 Å². The van der Waals surface area contributed by atoms with E-state index in [9.17, 15) is 4.79 Å². The number of unbranched alkanes of at least 4 members (excludes halogenated alkanes) is 14. The SMILES string of the molecule is CCCCCCCCCCCCCCCCCC(=O)OCC[S]. The van der Waals surface area contributed by atoms with Crippen molar-refractivity contribution < 1.29 is 9.53 Å². The molecule has 0 aromatic heterocycles. The summed E-state index contributed by atoms with van der Waals surface area (Å²) in [6.45, 7) is 2.67. The summed E-state index contributed by atoms with van der Waals surface area (Å²) in [6.07, 6.45) is 20.8. The first-order valence-corrected chi connectivity index (χ1v) is 10.6. The highest BCUT2D eigenvalue weighted by Gasteiger charge is 2.01. The van der Waals surface area contributed by atoms with E-state index in [1.54, 1.807) is 0 Å². The maximum absolute atomic E-state index is 11.3. The summed E-state index contributed by atoms with van der Waals surface area (Å²) < 4.78 is 4.97. The van der Waals surface area contributed by atoms with E-state index in [1.807, 2.05) is 0 Å². The Morgan fingerprint density at radius 1 is 0.696 bits per heavy atom. The van der Waals surface area contributed by atoms with Crippen LogP contribution in [0, 0.1) is 0 Å². The van der Waals surface area contributed by atoms with Crippen molar-refractivity contribution in [1.29, 1.82) is 0 Å². The fourth-order valence-electron chi connectivity index (χ4n) is 2.87. The molecule has 0 fully saturated rings. The highest BCUT2D eigenvalue weighted by Crippen LogP contribution is 2.13. The van der Waals surface area contributed by atoms with E-state index in [4.69, 9.17) is 17.4 Å². The molecule has 0 amide bonds. The second-order valence-electron chi connectivity index (χ2n) is 6.62. The second kappa shape index (κ2) is 19.9.